The van der Waals surface area contributed by atoms with Crippen LogP contribution < -0.4 is 4.74 Å². The van der Waals surface area contributed by atoms with E-state index >= 15 is 0 Å². The molecule has 0 fully saturated rings. The summed E-state index contributed by atoms with van der Waals surface area (Å²) >= 11 is 0. The number of benzene rings is 2. The summed E-state index contributed by atoms with van der Waals surface area (Å²) in [5, 5.41) is 31.3. The number of ether oxygens (including phenoxy) is 1. The molecule has 1 atom stereocenters. The number of hydrogen-bond donors (Lipinski definition) is 3. The van der Waals surface area contributed by atoms with Gasteiger partial charge in [0, 0.05) is 22.6 Å². The summed E-state index contributed by atoms with van der Waals surface area (Å²) in [6.07, 6.45) is 5.88. The van der Waals surface area contributed by atoms with Crippen molar-refractivity contribution in [3.8, 4) is 23.0 Å². The Hall–Kier alpha value is -2.88. The molecule has 3 rings (SSSR count). The summed E-state index contributed by atoms with van der Waals surface area (Å²) in [7, 11) is 0. The molecule has 4 heteroatoms. The lowest BCUT2D eigenvalue weighted by Gasteiger charge is -2.28. The number of phenols is 3. The van der Waals surface area contributed by atoms with Gasteiger partial charge in [-0.25, -0.2) is 0 Å². The van der Waals surface area contributed by atoms with Crippen molar-refractivity contribution >= 4 is 0 Å². The Morgan fingerprint density at radius 1 is 0.897 bits per heavy atom. The molecular formula is C25H30O4. The molecule has 0 saturated heterocycles. The van der Waals surface area contributed by atoms with E-state index in [0.29, 0.717) is 31.4 Å². The molecule has 3 N–H and O–H groups in total. The van der Waals surface area contributed by atoms with Crippen molar-refractivity contribution in [3.05, 3.63) is 69.8 Å². The van der Waals surface area contributed by atoms with Gasteiger partial charge in [-0.1, -0.05) is 35.4 Å². The number of rotatable bonds is 5. The first kappa shape index (κ1) is 20.8. The lowest BCUT2D eigenvalue weighted by atomic mass is 9.86. The Labute approximate surface area is 172 Å². The molecule has 4 nitrogen and oxygen atoms in total. The second-order valence-electron chi connectivity index (χ2n) is 8.24. The molecule has 1 aliphatic rings. The van der Waals surface area contributed by atoms with Crippen LogP contribution in [0.15, 0.2) is 47.6 Å². The molecular weight excluding hydrogens is 364 g/mol. The van der Waals surface area contributed by atoms with Crippen molar-refractivity contribution in [2.45, 2.75) is 52.9 Å². The largest absolute Gasteiger partial charge is 0.508 e. The topological polar surface area (TPSA) is 69.9 Å². The zero-order valence-electron chi connectivity index (χ0n) is 17.6. The summed E-state index contributed by atoms with van der Waals surface area (Å²) in [5.41, 5.74) is 5.48. The number of hydrogen-bond acceptors (Lipinski definition) is 4. The zero-order valence-corrected chi connectivity index (χ0v) is 17.6. The third-order valence-corrected chi connectivity index (χ3v) is 5.37. The molecule has 29 heavy (non-hydrogen) atoms. The van der Waals surface area contributed by atoms with Gasteiger partial charge in [0.05, 0.1) is 6.61 Å². The van der Waals surface area contributed by atoms with Gasteiger partial charge in [0.25, 0.3) is 0 Å². The van der Waals surface area contributed by atoms with Gasteiger partial charge in [0.15, 0.2) is 0 Å². The Balaban J connectivity index is 1.92. The smallest absolute Gasteiger partial charge is 0.129 e. The van der Waals surface area contributed by atoms with Crippen LogP contribution in [0.5, 0.6) is 23.0 Å². The van der Waals surface area contributed by atoms with Crippen LogP contribution in [0.25, 0.3) is 0 Å². The van der Waals surface area contributed by atoms with Crippen LogP contribution >= 0.6 is 0 Å². The van der Waals surface area contributed by atoms with Crippen molar-refractivity contribution in [2.24, 2.45) is 0 Å². The normalized spacial score (nSPS) is 15.2. The fraction of sp³-hybridized carbons (Fsp3) is 0.360. The number of phenolic OH excluding ortho intramolecular Hbond substituents is 3. The van der Waals surface area contributed by atoms with Crippen LogP contribution in [0.3, 0.4) is 0 Å². The van der Waals surface area contributed by atoms with Crippen molar-refractivity contribution in [1.82, 2.24) is 0 Å². The predicted octanol–water partition coefficient (Wildman–Crippen LogP) is 5.54. The van der Waals surface area contributed by atoms with Crippen molar-refractivity contribution in [2.75, 3.05) is 6.61 Å². The van der Waals surface area contributed by atoms with Gasteiger partial charge in [-0.3, -0.25) is 0 Å². The van der Waals surface area contributed by atoms with Crippen molar-refractivity contribution < 1.29 is 20.1 Å². The fourth-order valence-electron chi connectivity index (χ4n) is 3.70. The van der Waals surface area contributed by atoms with Gasteiger partial charge in [-0.05, 0) is 64.7 Å². The van der Waals surface area contributed by atoms with Gasteiger partial charge in [-0.15, -0.1) is 0 Å². The summed E-state index contributed by atoms with van der Waals surface area (Å²) in [4.78, 5) is 0. The Morgan fingerprint density at radius 3 is 2.14 bits per heavy atom. The van der Waals surface area contributed by atoms with E-state index in [-0.39, 0.29) is 23.2 Å². The quantitative estimate of drug-likeness (QED) is 0.582. The van der Waals surface area contributed by atoms with Crippen molar-refractivity contribution in [1.29, 1.82) is 0 Å². The molecule has 0 amide bonds. The molecule has 0 bridgehead atoms. The minimum Gasteiger partial charge on any atom is -0.508 e. The maximum absolute atomic E-state index is 10.8. The van der Waals surface area contributed by atoms with Crippen molar-refractivity contribution in [3.63, 3.8) is 0 Å². The zero-order chi connectivity index (χ0) is 21.1. The average molecular weight is 395 g/mol. The summed E-state index contributed by atoms with van der Waals surface area (Å²) in [6, 6.07) is 7.04. The van der Waals surface area contributed by atoms with Crippen LogP contribution in [-0.2, 0) is 19.3 Å². The Kier molecular flexibility index (Phi) is 6.21. The standard InChI is InChI=1S/C25H30O4/c1-15(2)5-8-20-22(26)12-10-19(24(20)28)18-13-17-7-11-23(27)21(9-6-16(3)4)25(17)29-14-18/h5-7,10-12,18,26-28H,8-9,13-14H2,1-4H3/t18-/m0/s1. The SMILES string of the molecule is CC(C)=CCc1c(O)ccc([C@@H]2COc3c(ccc(O)c3CC=C(C)C)C2)c1O. The molecule has 0 unspecified atom stereocenters. The number of fused-ring (bicyclic) bond motifs is 1. The van der Waals surface area contributed by atoms with E-state index in [9.17, 15) is 15.3 Å². The molecule has 1 heterocycles. The lowest BCUT2D eigenvalue weighted by Crippen LogP contribution is -2.20. The third-order valence-electron chi connectivity index (χ3n) is 5.37. The monoisotopic (exact) mass is 394 g/mol. The van der Waals surface area contributed by atoms with Crippen LogP contribution in [0, 0.1) is 0 Å². The second-order valence-corrected chi connectivity index (χ2v) is 8.24. The van der Waals surface area contributed by atoms with Gasteiger partial charge < -0.3 is 20.1 Å². The van der Waals surface area contributed by atoms with Crippen LogP contribution in [-0.4, -0.2) is 21.9 Å². The highest BCUT2D eigenvalue weighted by Gasteiger charge is 2.27. The first-order valence-electron chi connectivity index (χ1n) is 10.0. The van der Waals surface area contributed by atoms with E-state index in [2.05, 4.69) is 6.08 Å². The molecule has 0 radical (unpaired) electrons. The second kappa shape index (κ2) is 8.64. The summed E-state index contributed by atoms with van der Waals surface area (Å²) in [6.45, 7) is 8.46. The van der Waals surface area contributed by atoms with Crippen LogP contribution in [0.1, 0.15) is 55.9 Å². The van der Waals surface area contributed by atoms with Crippen LogP contribution in [0.4, 0.5) is 0 Å². The fourth-order valence-corrected chi connectivity index (χ4v) is 3.70. The van der Waals surface area contributed by atoms with Crippen LogP contribution in [0.2, 0.25) is 0 Å². The van der Waals surface area contributed by atoms with E-state index < -0.39 is 0 Å². The first-order chi connectivity index (χ1) is 13.8. The minimum atomic E-state index is -0.0191. The highest BCUT2D eigenvalue weighted by Crippen LogP contribution is 2.43. The van der Waals surface area contributed by atoms with Gasteiger partial charge in [0.2, 0.25) is 0 Å². The third kappa shape index (κ3) is 4.58. The highest BCUT2D eigenvalue weighted by molar-refractivity contribution is 5.55. The Bertz CT molecular complexity index is 961. The molecule has 0 spiro atoms. The number of allylic oxidation sites excluding steroid dienone is 4. The molecule has 2 aromatic carbocycles. The van der Waals surface area contributed by atoms with Gasteiger partial charge >= 0.3 is 0 Å². The Morgan fingerprint density at radius 2 is 1.48 bits per heavy atom. The lowest BCUT2D eigenvalue weighted by molar-refractivity contribution is 0.255. The maximum atomic E-state index is 10.8. The average Bonchev–Trinajstić information content (AvgIpc) is 2.66. The highest BCUT2D eigenvalue weighted by atomic mass is 16.5. The molecule has 1 aliphatic heterocycles. The van der Waals surface area contributed by atoms with E-state index in [1.54, 1.807) is 18.2 Å². The summed E-state index contributed by atoms with van der Waals surface area (Å²) < 4.78 is 6.08. The molecule has 0 aromatic heterocycles. The maximum Gasteiger partial charge on any atom is 0.129 e. The molecule has 0 saturated carbocycles. The van der Waals surface area contributed by atoms with E-state index in [0.717, 1.165) is 28.0 Å². The predicted molar refractivity (Wildman–Crippen MR) is 116 cm³/mol. The molecule has 2 aromatic rings. The first-order valence-corrected chi connectivity index (χ1v) is 10.0. The van der Waals surface area contributed by atoms with E-state index in [4.69, 9.17) is 4.74 Å². The van der Waals surface area contributed by atoms with E-state index in [1.165, 1.54) is 5.57 Å². The molecule has 154 valence electrons. The van der Waals surface area contributed by atoms with E-state index in [1.807, 2.05) is 39.8 Å². The minimum absolute atomic E-state index is 0.0191. The number of aromatic hydroxyl groups is 3. The molecule has 0 aliphatic carbocycles. The van der Waals surface area contributed by atoms with Gasteiger partial charge in [0.1, 0.15) is 23.0 Å². The summed E-state index contributed by atoms with van der Waals surface area (Å²) in [5.74, 6) is 1.23. The van der Waals surface area contributed by atoms with Gasteiger partial charge in [-0.2, -0.15) is 0 Å².